The SMILES string of the molecule is CCC(Cc1ccsc1)N1CCCC(C(=O)O)C1. The number of hydrogen-bond acceptors (Lipinski definition) is 3. The summed E-state index contributed by atoms with van der Waals surface area (Å²) in [5.74, 6) is -0.805. The molecule has 2 unspecified atom stereocenters. The van der Waals surface area contributed by atoms with Gasteiger partial charge in [-0.25, -0.2) is 0 Å². The van der Waals surface area contributed by atoms with Gasteiger partial charge in [0.15, 0.2) is 0 Å². The van der Waals surface area contributed by atoms with Crippen molar-refractivity contribution in [2.45, 2.75) is 38.6 Å². The average Bonchev–Trinajstić information content (AvgIpc) is 2.89. The van der Waals surface area contributed by atoms with E-state index in [1.165, 1.54) is 5.56 Å². The monoisotopic (exact) mass is 267 g/mol. The molecule has 100 valence electrons. The second-order valence-electron chi connectivity index (χ2n) is 5.07. The first-order valence-corrected chi connectivity index (χ1v) is 7.63. The number of carbonyl (C=O) groups is 1. The molecule has 0 aromatic carbocycles. The molecule has 0 aliphatic carbocycles. The van der Waals surface area contributed by atoms with Crippen LogP contribution in [0.5, 0.6) is 0 Å². The van der Waals surface area contributed by atoms with E-state index in [4.69, 9.17) is 5.11 Å². The zero-order valence-electron chi connectivity index (χ0n) is 10.8. The van der Waals surface area contributed by atoms with Crippen LogP contribution < -0.4 is 0 Å². The van der Waals surface area contributed by atoms with Gasteiger partial charge in [0.05, 0.1) is 5.92 Å². The molecule has 1 saturated heterocycles. The Balaban J connectivity index is 1.96. The standard InChI is InChI=1S/C14H21NO2S/c1-2-13(8-11-5-7-18-10-11)15-6-3-4-12(9-15)14(16)17/h5,7,10,12-13H,2-4,6,8-9H2,1H3,(H,16,17). The van der Waals surface area contributed by atoms with Crippen LogP contribution in [0.4, 0.5) is 0 Å². The third-order valence-corrected chi connectivity index (χ3v) is 4.57. The highest BCUT2D eigenvalue weighted by Crippen LogP contribution is 2.22. The molecule has 0 amide bonds. The predicted octanol–water partition coefficient (Wildman–Crippen LogP) is 2.87. The van der Waals surface area contributed by atoms with Crippen molar-refractivity contribution in [3.63, 3.8) is 0 Å². The van der Waals surface area contributed by atoms with Crippen LogP contribution >= 0.6 is 11.3 Å². The number of carboxylic acid groups (broad SMARTS) is 1. The van der Waals surface area contributed by atoms with Gasteiger partial charge in [0.25, 0.3) is 0 Å². The van der Waals surface area contributed by atoms with E-state index in [-0.39, 0.29) is 5.92 Å². The Morgan fingerprint density at radius 3 is 3.11 bits per heavy atom. The molecule has 2 rings (SSSR count). The normalized spacial score (nSPS) is 22.8. The first-order valence-electron chi connectivity index (χ1n) is 6.68. The summed E-state index contributed by atoms with van der Waals surface area (Å²) in [4.78, 5) is 13.5. The van der Waals surface area contributed by atoms with Gasteiger partial charge in [0, 0.05) is 12.6 Å². The van der Waals surface area contributed by atoms with Gasteiger partial charge >= 0.3 is 5.97 Å². The summed E-state index contributed by atoms with van der Waals surface area (Å²) in [5.41, 5.74) is 1.38. The number of piperidine rings is 1. The fourth-order valence-corrected chi connectivity index (χ4v) is 3.43. The number of hydrogen-bond donors (Lipinski definition) is 1. The maximum Gasteiger partial charge on any atom is 0.307 e. The van der Waals surface area contributed by atoms with E-state index in [0.29, 0.717) is 6.04 Å². The first kappa shape index (κ1) is 13.6. The van der Waals surface area contributed by atoms with Crippen molar-refractivity contribution in [1.29, 1.82) is 0 Å². The molecule has 2 atom stereocenters. The van der Waals surface area contributed by atoms with Crippen LogP contribution in [0.25, 0.3) is 0 Å². The second kappa shape index (κ2) is 6.34. The van der Waals surface area contributed by atoms with Gasteiger partial charge in [-0.1, -0.05) is 6.92 Å². The minimum atomic E-state index is -0.634. The van der Waals surface area contributed by atoms with Gasteiger partial charge in [-0.2, -0.15) is 11.3 Å². The minimum Gasteiger partial charge on any atom is -0.481 e. The van der Waals surface area contributed by atoms with E-state index < -0.39 is 5.97 Å². The smallest absolute Gasteiger partial charge is 0.307 e. The topological polar surface area (TPSA) is 40.5 Å². The molecule has 0 saturated carbocycles. The Bertz CT molecular complexity index is 377. The van der Waals surface area contributed by atoms with E-state index in [2.05, 4.69) is 28.7 Å². The molecule has 0 spiro atoms. The van der Waals surface area contributed by atoms with Crippen LogP contribution in [0.3, 0.4) is 0 Å². The molecule has 1 aliphatic rings. The van der Waals surface area contributed by atoms with Crippen LogP contribution in [0, 0.1) is 5.92 Å². The molecule has 1 N–H and O–H groups in total. The molecular weight excluding hydrogens is 246 g/mol. The summed E-state index contributed by atoms with van der Waals surface area (Å²) in [5, 5.41) is 13.4. The number of nitrogens with zero attached hydrogens (tertiary/aromatic N) is 1. The van der Waals surface area contributed by atoms with Crippen molar-refractivity contribution < 1.29 is 9.90 Å². The zero-order chi connectivity index (χ0) is 13.0. The summed E-state index contributed by atoms with van der Waals surface area (Å²) >= 11 is 1.73. The fourth-order valence-electron chi connectivity index (χ4n) is 2.75. The van der Waals surface area contributed by atoms with E-state index in [1.807, 2.05) is 0 Å². The van der Waals surface area contributed by atoms with Gasteiger partial charge in [-0.3, -0.25) is 9.69 Å². The molecule has 1 aromatic rings. The van der Waals surface area contributed by atoms with Gasteiger partial charge < -0.3 is 5.11 Å². The number of thiophene rings is 1. The minimum absolute atomic E-state index is 0.171. The number of rotatable bonds is 5. The van der Waals surface area contributed by atoms with Crippen molar-refractivity contribution in [3.8, 4) is 0 Å². The lowest BCUT2D eigenvalue weighted by atomic mass is 9.94. The van der Waals surface area contributed by atoms with Crippen LogP contribution in [0.2, 0.25) is 0 Å². The van der Waals surface area contributed by atoms with Crippen molar-refractivity contribution in [3.05, 3.63) is 22.4 Å². The van der Waals surface area contributed by atoms with Gasteiger partial charge in [0.2, 0.25) is 0 Å². The maximum atomic E-state index is 11.1. The summed E-state index contributed by atoms with van der Waals surface area (Å²) in [6.07, 6.45) is 3.98. The number of aliphatic carboxylic acids is 1. The highest BCUT2D eigenvalue weighted by atomic mass is 32.1. The highest BCUT2D eigenvalue weighted by Gasteiger charge is 2.28. The Kier molecular flexibility index (Phi) is 4.78. The highest BCUT2D eigenvalue weighted by molar-refractivity contribution is 7.07. The molecule has 18 heavy (non-hydrogen) atoms. The van der Waals surface area contributed by atoms with Gasteiger partial charge in [-0.05, 0) is 54.6 Å². The quantitative estimate of drug-likeness (QED) is 0.892. The summed E-state index contributed by atoms with van der Waals surface area (Å²) in [6, 6.07) is 2.66. The van der Waals surface area contributed by atoms with Crippen molar-refractivity contribution in [2.24, 2.45) is 5.92 Å². The lowest BCUT2D eigenvalue weighted by Gasteiger charge is -2.36. The lowest BCUT2D eigenvalue weighted by Crippen LogP contribution is -2.45. The van der Waals surface area contributed by atoms with E-state index in [0.717, 1.165) is 38.8 Å². The third-order valence-electron chi connectivity index (χ3n) is 3.84. The zero-order valence-corrected chi connectivity index (χ0v) is 11.7. The summed E-state index contributed by atoms with van der Waals surface area (Å²) in [7, 11) is 0. The number of carboxylic acids is 1. The second-order valence-corrected chi connectivity index (χ2v) is 5.85. The van der Waals surface area contributed by atoms with Gasteiger partial charge in [-0.15, -0.1) is 0 Å². The molecule has 1 aromatic heterocycles. The lowest BCUT2D eigenvalue weighted by molar-refractivity contribution is -0.143. The number of likely N-dealkylation sites (tertiary alicyclic amines) is 1. The van der Waals surface area contributed by atoms with Crippen LogP contribution in [0.1, 0.15) is 31.7 Å². The van der Waals surface area contributed by atoms with Crippen molar-refractivity contribution >= 4 is 17.3 Å². The molecule has 2 heterocycles. The Morgan fingerprint density at radius 2 is 2.50 bits per heavy atom. The fraction of sp³-hybridized carbons (Fsp3) is 0.643. The Hall–Kier alpha value is -0.870. The van der Waals surface area contributed by atoms with E-state index in [1.54, 1.807) is 11.3 Å². The molecule has 1 aliphatic heterocycles. The average molecular weight is 267 g/mol. The largest absolute Gasteiger partial charge is 0.481 e. The van der Waals surface area contributed by atoms with Gasteiger partial charge in [0.1, 0.15) is 0 Å². The predicted molar refractivity (Wildman–Crippen MR) is 74.0 cm³/mol. The Labute approximate surface area is 112 Å². The molecule has 3 nitrogen and oxygen atoms in total. The van der Waals surface area contributed by atoms with E-state index >= 15 is 0 Å². The van der Waals surface area contributed by atoms with Crippen LogP contribution in [-0.2, 0) is 11.2 Å². The van der Waals surface area contributed by atoms with Crippen molar-refractivity contribution in [2.75, 3.05) is 13.1 Å². The third kappa shape index (κ3) is 3.33. The summed E-state index contributed by atoms with van der Waals surface area (Å²) in [6.45, 7) is 3.96. The Morgan fingerprint density at radius 1 is 1.67 bits per heavy atom. The molecule has 4 heteroatoms. The molecule has 0 radical (unpaired) electrons. The van der Waals surface area contributed by atoms with E-state index in [9.17, 15) is 4.79 Å². The van der Waals surface area contributed by atoms with Crippen LogP contribution in [-0.4, -0.2) is 35.1 Å². The first-order chi connectivity index (χ1) is 8.70. The summed E-state index contributed by atoms with van der Waals surface area (Å²) < 4.78 is 0. The molecule has 0 bridgehead atoms. The van der Waals surface area contributed by atoms with Crippen molar-refractivity contribution in [1.82, 2.24) is 4.90 Å². The maximum absolute atomic E-state index is 11.1. The molecular formula is C14H21NO2S. The molecule has 1 fully saturated rings. The van der Waals surface area contributed by atoms with Crippen LogP contribution in [0.15, 0.2) is 16.8 Å².